The van der Waals surface area contributed by atoms with Gasteiger partial charge in [-0.05, 0) is 80.6 Å². The molecule has 4 nitrogen and oxygen atoms in total. The lowest BCUT2D eigenvalue weighted by atomic mass is 9.90. The summed E-state index contributed by atoms with van der Waals surface area (Å²) < 4.78 is 5.22. The van der Waals surface area contributed by atoms with Crippen molar-refractivity contribution >= 4 is 53.0 Å². The van der Waals surface area contributed by atoms with E-state index in [1.807, 2.05) is 30.5 Å². The summed E-state index contributed by atoms with van der Waals surface area (Å²) in [6.45, 7) is 1.02. The number of hydrogen-bond donors (Lipinski definition) is 2. The summed E-state index contributed by atoms with van der Waals surface area (Å²) in [4.78, 5) is 4.43. The zero-order chi connectivity index (χ0) is 20.1. The van der Waals surface area contributed by atoms with Gasteiger partial charge < -0.3 is 15.4 Å². The van der Waals surface area contributed by atoms with Crippen LogP contribution in [0.25, 0.3) is 10.9 Å². The number of fused-ring (bicyclic) bond motifs is 1. The zero-order valence-corrected chi connectivity index (χ0v) is 20.0. The van der Waals surface area contributed by atoms with Crippen molar-refractivity contribution in [2.24, 2.45) is 0 Å². The van der Waals surface area contributed by atoms with E-state index in [2.05, 4.69) is 39.9 Å². The van der Waals surface area contributed by atoms with Crippen molar-refractivity contribution in [1.29, 1.82) is 0 Å². The van der Waals surface area contributed by atoms with E-state index in [4.69, 9.17) is 16.3 Å². The Morgan fingerprint density at radius 1 is 0.968 bits per heavy atom. The molecule has 0 radical (unpaired) electrons. The molecule has 168 valence electrons. The summed E-state index contributed by atoms with van der Waals surface area (Å²) in [5.41, 5.74) is 3.44. The van der Waals surface area contributed by atoms with Crippen LogP contribution in [0.1, 0.15) is 31.2 Å². The molecule has 1 saturated carbocycles. The number of hydrogen-bond acceptors (Lipinski definition) is 4. The molecule has 0 atom stereocenters. The molecule has 3 aromatic rings. The van der Waals surface area contributed by atoms with E-state index in [1.54, 1.807) is 7.11 Å². The number of anilines is 1. The molecule has 1 aliphatic carbocycles. The van der Waals surface area contributed by atoms with Gasteiger partial charge in [0.05, 0.1) is 12.6 Å². The van der Waals surface area contributed by atoms with Crippen molar-refractivity contribution in [2.45, 2.75) is 44.2 Å². The number of nitrogens with one attached hydrogen (secondary N) is 2. The monoisotopic (exact) mass is 481 g/mol. The Labute approximate surface area is 201 Å². The Kier molecular flexibility index (Phi) is 10.2. The van der Waals surface area contributed by atoms with Gasteiger partial charge in [-0.15, -0.1) is 24.8 Å². The minimum Gasteiger partial charge on any atom is -0.497 e. The molecule has 2 aromatic carbocycles. The molecule has 0 amide bonds. The largest absolute Gasteiger partial charge is 0.497 e. The lowest BCUT2D eigenvalue weighted by Crippen LogP contribution is -2.37. The first-order valence-electron chi connectivity index (χ1n) is 10.4. The van der Waals surface area contributed by atoms with Crippen LogP contribution in [0.4, 0.5) is 5.69 Å². The summed E-state index contributed by atoms with van der Waals surface area (Å²) in [5, 5.41) is 9.33. The fourth-order valence-corrected chi connectivity index (χ4v) is 4.29. The number of halogens is 3. The molecular formula is C24H30Cl3N3O. The summed E-state index contributed by atoms with van der Waals surface area (Å²) in [6.07, 6.45) is 7.67. The van der Waals surface area contributed by atoms with Crippen LogP contribution >= 0.6 is 36.4 Å². The van der Waals surface area contributed by atoms with Gasteiger partial charge in [-0.25, -0.2) is 0 Å². The van der Waals surface area contributed by atoms with Crippen molar-refractivity contribution in [2.75, 3.05) is 19.0 Å². The zero-order valence-electron chi connectivity index (χ0n) is 17.6. The molecule has 0 aliphatic heterocycles. The molecule has 7 heteroatoms. The number of benzene rings is 2. The van der Waals surface area contributed by atoms with Crippen LogP contribution in [-0.2, 0) is 6.42 Å². The van der Waals surface area contributed by atoms with Gasteiger partial charge in [0.15, 0.2) is 0 Å². The molecule has 4 rings (SSSR count). The quantitative estimate of drug-likeness (QED) is 0.415. The second-order valence-corrected chi connectivity index (χ2v) is 8.20. The maximum Gasteiger partial charge on any atom is 0.118 e. The SMILES string of the molecule is COc1ccc(CCN[C@H]2CC[C@H](Nc3ccnc4cc(Cl)ccc34)CC2)cc1.Cl.Cl. The predicted octanol–water partition coefficient (Wildman–Crippen LogP) is 6.30. The third-order valence-electron chi connectivity index (χ3n) is 5.80. The number of pyridine rings is 1. The standard InChI is InChI=1S/C24H28ClN3O.2ClH/c1-29-21-9-2-17(3-10-21)12-14-26-19-5-7-20(8-6-19)28-23-13-15-27-24-16-18(25)4-11-22(23)24;;/h2-4,9-11,13,15-16,19-20,26H,5-8,12,14H2,1H3,(H,27,28);2*1H/t19-,20-;;. The Balaban J connectivity index is 0.00000171. The highest BCUT2D eigenvalue weighted by Crippen LogP contribution is 2.28. The van der Waals surface area contributed by atoms with Crippen LogP contribution in [0.5, 0.6) is 5.75 Å². The molecule has 1 aromatic heterocycles. The second-order valence-electron chi connectivity index (χ2n) is 7.77. The van der Waals surface area contributed by atoms with Gasteiger partial charge >= 0.3 is 0 Å². The number of aromatic nitrogens is 1. The van der Waals surface area contributed by atoms with E-state index in [1.165, 1.54) is 31.2 Å². The Hall–Kier alpha value is -1.72. The van der Waals surface area contributed by atoms with E-state index in [9.17, 15) is 0 Å². The molecule has 0 spiro atoms. The van der Waals surface area contributed by atoms with Crippen molar-refractivity contribution in [3.8, 4) is 5.75 Å². The summed E-state index contributed by atoms with van der Waals surface area (Å²) in [5.74, 6) is 0.914. The summed E-state index contributed by atoms with van der Waals surface area (Å²) >= 11 is 6.10. The molecule has 2 N–H and O–H groups in total. The first kappa shape index (κ1) is 25.5. The van der Waals surface area contributed by atoms with E-state index >= 15 is 0 Å². The molecule has 0 unspecified atom stereocenters. The van der Waals surface area contributed by atoms with Crippen molar-refractivity contribution < 1.29 is 4.74 Å². The third-order valence-corrected chi connectivity index (χ3v) is 6.03. The van der Waals surface area contributed by atoms with Gasteiger partial charge in [0.25, 0.3) is 0 Å². The van der Waals surface area contributed by atoms with E-state index in [0.717, 1.165) is 40.3 Å². The lowest BCUT2D eigenvalue weighted by Gasteiger charge is -2.30. The van der Waals surface area contributed by atoms with E-state index in [-0.39, 0.29) is 24.8 Å². The third kappa shape index (κ3) is 6.88. The molecule has 31 heavy (non-hydrogen) atoms. The highest BCUT2D eigenvalue weighted by molar-refractivity contribution is 6.31. The molecule has 0 saturated heterocycles. The average molecular weight is 483 g/mol. The van der Waals surface area contributed by atoms with Crippen LogP contribution in [-0.4, -0.2) is 30.7 Å². The van der Waals surface area contributed by atoms with Crippen molar-refractivity contribution in [3.63, 3.8) is 0 Å². The predicted molar refractivity (Wildman–Crippen MR) is 136 cm³/mol. The van der Waals surface area contributed by atoms with E-state index < -0.39 is 0 Å². The van der Waals surface area contributed by atoms with Gasteiger partial charge in [0, 0.05) is 34.4 Å². The fourth-order valence-electron chi connectivity index (χ4n) is 4.12. The minimum absolute atomic E-state index is 0. The first-order valence-corrected chi connectivity index (χ1v) is 10.8. The number of rotatable bonds is 7. The van der Waals surface area contributed by atoms with E-state index in [0.29, 0.717) is 12.1 Å². The van der Waals surface area contributed by atoms with Crippen molar-refractivity contribution in [3.05, 3.63) is 65.3 Å². The van der Waals surface area contributed by atoms with Crippen molar-refractivity contribution in [1.82, 2.24) is 10.3 Å². The molecule has 0 bridgehead atoms. The molecule has 1 aliphatic rings. The molecule has 1 heterocycles. The molecular weight excluding hydrogens is 453 g/mol. The maximum atomic E-state index is 6.10. The average Bonchev–Trinajstić information content (AvgIpc) is 2.75. The normalized spacial score (nSPS) is 18.0. The fraction of sp³-hybridized carbons (Fsp3) is 0.375. The topological polar surface area (TPSA) is 46.2 Å². The molecule has 1 fully saturated rings. The van der Waals surface area contributed by atoms with Gasteiger partial charge in [-0.3, -0.25) is 4.98 Å². The Morgan fingerprint density at radius 3 is 2.39 bits per heavy atom. The highest BCUT2D eigenvalue weighted by Gasteiger charge is 2.21. The van der Waals surface area contributed by atoms with Gasteiger partial charge in [0.1, 0.15) is 5.75 Å². The van der Waals surface area contributed by atoms with Crippen LogP contribution in [0.15, 0.2) is 54.7 Å². The van der Waals surface area contributed by atoms with Crippen LogP contribution in [0, 0.1) is 0 Å². The Morgan fingerprint density at radius 2 is 1.68 bits per heavy atom. The first-order chi connectivity index (χ1) is 14.2. The van der Waals surface area contributed by atoms with Gasteiger partial charge in [-0.2, -0.15) is 0 Å². The summed E-state index contributed by atoms with van der Waals surface area (Å²) in [7, 11) is 1.70. The maximum absolute atomic E-state index is 6.10. The van der Waals surface area contributed by atoms with Gasteiger partial charge in [0.2, 0.25) is 0 Å². The van der Waals surface area contributed by atoms with Crippen LogP contribution in [0.2, 0.25) is 5.02 Å². The van der Waals surface area contributed by atoms with Gasteiger partial charge in [-0.1, -0.05) is 23.7 Å². The number of nitrogens with zero attached hydrogens (tertiary/aromatic N) is 1. The van der Waals surface area contributed by atoms with Crippen LogP contribution < -0.4 is 15.4 Å². The number of ether oxygens (including phenoxy) is 1. The van der Waals surface area contributed by atoms with Crippen LogP contribution in [0.3, 0.4) is 0 Å². The second kappa shape index (κ2) is 12.4. The summed E-state index contributed by atoms with van der Waals surface area (Å²) in [6, 6.07) is 17.4. The number of methoxy groups -OCH3 is 1. The lowest BCUT2D eigenvalue weighted by molar-refractivity contribution is 0.356. The highest BCUT2D eigenvalue weighted by atomic mass is 35.5. The smallest absolute Gasteiger partial charge is 0.118 e. The Bertz CT molecular complexity index is 944. The minimum atomic E-state index is 0.